The number of alkyl halides is 1. The molecule has 0 bridgehead atoms. The molecule has 4 aromatic rings. The molecule has 2 saturated heterocycles. The van der Waals surface area contributed by atoms with Crippen LogP contribution in [0.1, 0.15) is 58.9 Å². The van der Waals surface area contributed by atoms with Crippen LogP contribution in [-0.2, 0) is 32.1 Å². The van der Waals surface area contributed by atoms with E-state index in [9.17, 15) is 28.0 Å². The Morgan fingerprint density at radius 1 is 0.862 bits per heavy atom. The Labute approximate surface area is 335 Å². The molecule has 9 atom stereocenters. The number of aromatic amines is 1. The lowest BCUT2D eigenvalue weighted by Gasteiger charge is -2.32. The third-order valence-corrected chi connectivity index (χ3v) is 12.5. The fourth-order valence-corrected chi connectivity index (χ4v) is 8.85. The van der Waals surface area contributed by atoms with Gasteiger partial charge in [0.15, 0.2) is 5.82 Å². The lowest BCUT2D eigenvalue weighted by molar-refractivity contribution is -0.138. The summed E-state index contributed by atoms with van der Waals surface area (Å²) in [4.78, 5) is 65.5. The summed E-state index contributed by atoms with van der Waals surface area (Å²) in [6.45, 7) is 7.80. The van der Waals surface area contributed by atoms with Gasteiger partial charge in [-0.1, -0.05) is 13.8 Å². The van der Waals surface area contributed by atoms with Crippen molar-refractivity contribution in [2.45, 2.75) is 109 Å². The number of fused-ring (bicyclic) bond motifs is 3. The lowest BCUT2D eigenvalue weighted by Crippen LogP contribution is -2.54. The smallest absolute Gasteiger partial charge is 0.245 e. The van der Waals surface area contributed by atoms with Gasteiger partial charge in [-0.05, 0) is 101 Å². The van der Waals surface area contributed by atoms with Gasteiger partial charge >= 0.3 is 0 Å². The van der Waals surface area contributed by atoms with Crippen LogP contribution in [0.15, 0.2) is 36.4 Å². The van der Waals surface area contributed by atoms with Crippen LogP contribution >= 0.6 is 0 Å². The van der Waals surface area contributed by atoms with Crippen molar-refractivity contribution >= 4 is 45.6 Å². The molecule has 0 spiro atoms. The standard InChI is InChI=1S/C42H54F3N9O4/c1-7-31(50-39(55)21(3)46-5)41(57)52-19-26(45)14-27(52)17-30-28-11-9-24(43)15-33(28)48-37(30)38-49-34-16-25(44)10-12-35(34)53(38)20-36-29-13-23(29)18-54(36)42(58)32(8-2)51-40(56)22(4)47-6/h9-12,15-16,21-23,26-27,29,31-32,36,46-48H,7-8,13-14,17-20H2,1-6H3,(H,50,55)(H,51,56). The van der Waals surface area contributed by atoms with Gasteiger partial charge in [-0.25, -0.2) is 18.2 Å². The van der Waals surface area contributed by atoms with Gasteiger partial charge in [0, 0.05) is 42.5 Å². The lowest BCUT2D eigenvalue weighted by atomic mass is 9.99. The van der Waals surface area contributed by atoms with E-state index >= 15 is 4.39 Å². The number of imidazole rings is 1. The monoisotopic (exact) mass is 805 g/mol. The molecule has 5 N–H and O–H groups in total. The number of carbonyl (C=O) groups excluding carboxylic acids is 4. The van der Waals surface area contributed by atoms with Gasteiger partial charge in [0.2, 0.25) is 23.6 Å². The molecule has 16 heteroatoms. The number of amides is 4. The molecule has 4 heterocycles. The molecule has 9 unspecified atom stereocenters. The van der Waals surface area contributed by atoms with E-state index < -0.39 is 48.0 Å². The summed E-state index contributed by atoms with van der Waals surface area (Å²) in [5.41, 5.74) is 2.68. The molecule has 2 aromatic carbocycles. The number of H-pyrrole nitrogens is 1. The number of halogens is 3. The van der Waals surface area contributed by atoms with Crippen LogP contribution in [-0.4, -0.2) is 118 Å². The van der Waals surface area contributed by atoms with Crippen LogP contribution in [0.25, 0.3) is 33.5 Å². The first-order valence-corrected chi connectivity index (χ1v) is 20.4. The number of rotatable bonds is 15. The zero-order chi connectivity index (χ0) is 41.6. The van der Waals surface area contributed by atoms with E-state index in [0.29, 0.717) is 70.9 Å². The minimum absolute atomic E-state index is 0.0580. The first kappa shape index (κ1) is 41.2. The van der Waals surface area contributed by atoms with E-state index in [0.717, 1.165) is 6.42 Å². The highest BCUT2D eigenvalue weighted by Crippen LogP contribution is 2.51. The number of nitrogens with one attached hydrogen (secondary N) is 5. The summed E-state index contributed by atoms with van der Waals surface area (Å²) in [6, 6.07) is 5.29. The number of likely N-dealkylation sites (tertiary alicyclic amines) is 2. The average molecular weight is 806 g/mol. The summed E-state index contributed by atoms with van der Waals surface area (Å²) < 4.78 is 46.9. The maximum absolute atomic E-state index is 15.4. The molecule has 1 aliphatic carbocycles. The number of piperidine rings is 1. The molecule has 7 rings (SSSR count). The topological polar surface area (TPSA) is 156 Å². The summed E-state index contributed by atoms with van der Waals surface area (Å²) in [5.74, 6) is -1.13. The Balaban J connectivity index is 1.26. The second-order valence-electron chi connectivity index (χ2n) is 16.2. The van der Waals surface area contributed by atoms with Gasteiger partial charge < -0.3 is 40.6 Å². The molecule has 312 valence electrons. The molecular formula is C42H54F3N9O4. The van der Waals surface area contributed by atoms with E-state index in [4.69, 9.17) is 4.98 Å². The molecular weight excluding hydrogens is 752 g/mol. The zero-order valence-electron chi connectivity index (χ0n) is 33.9. The van der Waals surface area contributed by atoms with Gasteiger partial charge in [-0.15, -0.1) is 0 Å². The van der Waals surface area contributed by atoms with Crippen molar-refractivity contribution in [1.29, 1.82) is 0 Å². The molecule has 2 aromatic heterocycles. The fourth-order valence-electron chi connectivity index (χ4n) is 8.85. The molecule has 3 fully saturated rings. The van der Waals surface area contributed by atoms with Gasteiger partial charge in [-0.3, -0.25) is 19.2 Å². The molecule has 58 heavy (non-hydrogen) atoms. The van der Waals surface area contributed by atoms with Crippen molar-refractivity contribution < 1.29 is 32.3 Å². The van der Waals surface area contributed by atoms with Crippen molar-refractivity contribution in [3.8, 4) is 11.5 Å². The molecule has 1 saturated carbocycles. The van der Waals surface area contributed by atoms with Gasteiger partial charge in [0.25, 0.3) is 0 Å². The zero-order valence-corrected chi connectivity index (χ0v) is 33.9. The number of aromatic nitrogens is 3. The maximum Gasteiger partial charge on any atom is 0.245 e. The number of carbonyl (C=O) groups is 4. The van der Waals surface area contributed by atoms with Crippen molar-refractivity contribution in [2.75, 3.05) is 27.2 Å². The van der Waals surface area contributed by atoms with Crippen LogP contribution in [0.3, 0.4) is 0 Å². The minimum atomic E-state index is -1.30. The van der Waals surface area contributed by atoms with Gasteiger partial charge in [0.05, 0.1) is 41.4 Å². The Morgan fingerprint density at radius 3 is 2.12 bits per heavy atom. The maximum atomic E-state index is 15.4. The summed E-state index contributed by atoms with van der Waals surface area (Å²) in [5, 5.41) is 12.2. The van der Waals surface area contributed by atoms with Crippen LogP contribution in [0.5, 0.6) is 0 Å². The Morgan fingerprint density at radius 2 is 1.48 bits per heavy atom. The molecule has 13 nitrogen and oxygen atoms in total. The Kier molecular flexibility index (Phi) is 11.9. The summed E-state index contributed by atoms with van der Waals surface area (Å²) in [6.07, 6.45) is 0.611. The average Bonchev–Trinajstić information content (AvgIpc) is 3.43. The highest BCUT2D eigenvalue weighted by atomic mass is 19.1. The van der Waals surface area contributed by atoms with Crippen molar-refractivity contribution in [1.82, 2.24) is 45.6 Å². The number of nitrogens with zero attached hydrogens (tertiary/aromatic N) is 4. The van der Waals surface area contributed by atoms with Crippen LogP contribution < -0.4 is 21.3 Å². The van der Waals surface area contributed by atoms with Gasteiger partial charge in [0.1, 0.15) is 29.9 Å². The van der Waals surface area contributed by atoms with E-state index in [-0.39, 0.29) is 55.0 Å². The Bertz CT molecular complexity index is 2210. The normalized spacial score (nSPS) is 23.5. The van der Waals surface area contributed by atoms with Crippen LogP contribution in [0.2, 0.25) is 0 Å². The van der Waals surface area contributed by atoms with Crippen molar-refractivity contribution in [2.24, 2.45) is 11.8 Å². The highest BCUT2D eigenvalue weighted by molar-refractivity contribution is 5.93. The molecule has 0 radical (unpaired) electrons. The fraction of sp³-hybridized carbons (Fsp3) is 0.548. The van der Waals surface area contributed by atoms with Crippen molar-refractivity contribution in [3.05, 3.63) is 53.6 Å². The van der Waals surface area contributed by atoms with E-state index in [1.54, 1.807) is 47.0 Å². The van der Waals surface area contributed by atoms with Gasteiger partial charge in [-0.2, -0.15) is 0 Å². The third kappa shape index (κ3) is 7.92. The predicted octanol–water partition coefficient (Wildman–Crippen LogP) is 3.80. The van der Waals surface area contributed by atoms with E-state index in [2.05, 4.69) is 26.3 Å². The SMILES string of the molecule is CCC(NC(=O)C(C)NC)C(=O)N1CC(F)CC1Cc1c(-c2nc3cc(F)ccc3n2CC2C3CC3CN2C(=O)C(CC)NC(=O)C(C)NC)[nH]c2cc(F)ccc12. The number of hydrogen-bond acceptors (Lipinski definition) is 7. The molecule has 2 aliphatic heterocycles. The van der Waals surface area contributed by atoms with E-state index in [1.807, 2.05) is 16.4 Å². The first-order valence-electron chi connectivity index (χ1n) is 20.4. The number of likely N-dealkylation sites (N-methyl/N-ethyl adjacent to an activating group) is 2. The highest BCUT2D eigenvalue weighted by Gasteiger charge is 2.55. The number of hydrogen-bond donors (Lipinski definition) is 5. The second kappa shape index (κ2) is 16.7. The van der Waals surface area contributed by atoms with E-state index in [1.165, 1.54) is 29.2 Å². The summed E-state index contributed by atoms with van der Waals surface area (Å²) >= 11 is 0. The van der Waals surface area contributed by atoms with Crippen LogP contribution in [0.4, 0.5) is 13.2 Å². The first-order chi connectivity index (χ1) is 27.8. The van der Waals surface area contributed by atoms with Crippen LogP contribution in [0, 0.1) is 23.5 Å². The molecule has 4 amide bonds. The third-order valence-electron chi connectivity index (χ3n) is 12.5. The summed E-state index contributed by atoms with van der Waals surface area (Å²) in [7, 11) is 3.33. The quantitative estimate of drug-likeness (QED) is 0.123. The largest absolute Gasteiger partial charge is 0.352 e. The minimum Gasteiger partial charge on any atom is -0.352 e. The Hall–Kier alpha value is -4.96. The number of benzene rings is 2. The van der Waals surface area contributed by atoms with Crippen molar-refractivity contribution in [3.63, 3.8) is 0 Å². The second-order valence-corrected chi connectivity index (χ2v) is 16.2. The molecule has 3 aliphatic rings. The predicted molar refractivity (Wildman–Crippen MR) is 214 cm³/mol.